The molecule has 5 aromatic rings. The van der Waals surface area contributed by atoms with Gasteiger partial charge in [-0.1, -0.05) is 49.4 Å². The first-order valence-electron chi connectivity index (χ1n) is 9.75. The van der Waals surface area contributed by atoms with Crippen LogP contribution in [0.3, 0.4) is 0 Å². The molecule has 2 N–H and O–H groups in total. The topological polar surface area (TPSA) is 97.4 Å². The minimum Gasteiger partial charge on any atom is -0.359 e. The number of thiazole rings is 1. The highest BCUT2D eigenvalue weighted by Gasteiger charge is 2.20. The number of pyridine rings is 1. The lowest BCUT2D eigenvalue weighted by molar-refractivity contribution is 0.262. The molecule has 0 saturated heterocycles. The van der Waals surface area contributed by atoms with Gasteiger partial charge in [0.05, 0.1) is 11.2 Å². The Labute approximate surface area is 181 Å². The van der Waals surface area contributed by atoms with Crippen LogP contribution in [0.25, 0.3) is 26.6 Å². The number of benzene rings is 1. The quantitative estimate of drug-likeness (QED) is 0.390. The Morgan fingerprint density at radius 3 is 2.68 bits per heavy atom. The second kappa shape index (κ2) is 7.21. The van der Waals surface area contributed by atoms with Gasteiger partial charge in [0, 0.05) is 35.1 Å². The van der Waals surface area contributed by atoms with E-state index in [4.69, 9.17) is 9.51 Å². The smallest absolute Gasteiger partial charge is 0.324 e. The minimum atomic E-state index is -0.386. The van der Waals surface area contributed by atoms with Crippen LogP contribution in [0, 0.1) is 0 Å². The summed E-state index contributed by atoms with van der Waals surface area (Å²) in [6.45, 7) is 6.05. The highest BCUT2D eigenvalue weighted by Crippen LogP contribution is 2.29. The van der Waals surface area contributed by atoms with Gasteiger partial charge < -0.3 is 9.84 Å². The maximum Gasteiger partial charge on any atom is 0.324 e. The highest BCUT2D eigenvalue weighted by molar-refractivity contribution is 7.23. The van der Waals surface area contributed by atoms with Crippen LogP contribution in [-0.2, 0) is 5.41 Å². The first-order valence-corrected chi connectivity index (χ1v) is 10.6. The van der Waals surface area contributed by atoms with Crippen LogP contribution in [-0.4, -0.2) is 25.6 Å². The van der Waals surface area contributed by atoms with Crippen LogP contribution in [0.5, 0.6) is 0 Å². The molecule has 0 spiro atoms. The number of hydrogen-bond donors (Lipinski definition) is 2. The van der Waals surface area contributed by atoms with Crippen molar-refractivity contribution in [1.29, 1.82) is 0 Å². The molecular weight excluding hydrogens is 412 g/mol. The lowest BCUT2D eigenvalue weighted by atomic mass is 9.93. The van der Waals surface area contributed by atoms with Gasteiger partial charge in [-0.3, -0.25) is 9.72 Å². The lowest BCUT2D eigenvalue weighted by Crippen LogP contribution is -2.19. The van der Waals surface area contributed by atoms with E-state index in [1.165, 1.54) is 0 Å². The summed E-state index contributed by atoms with van der Waals surface area (Å²) in [5.41, 5.74) is 3.36. The Hall–Kier alpha value is -3.72. The Morgan fingerprint density at radius 2 is 1.94 bits per heavy atom. The van der Waals surface area contributed by atoms with Crippen LogP contribution < -0.4 is 10.6 Å². The molecule has 9 heteroatoms. The monoisotopic (exact) mass is 432 g/mol. The summed E-state index contributed by atoms with van der Waals surface area (Å²) in [6, 6.07) is 12.8. The van der Waals surface area contributed by atoms with Crippen molar-refractivity contribution in [3.63, 3.8) is 0 Å². The Bertz CT molecular complexity index is 1390. The molecule has 0 saturated carbocycles. The highest BCUT2D eigenvalue weighted by atomic mass is 32.1. The van der Waals surface area contributed by atoms with Gasteiger partial charge in [0.2, 0.25) is 0 Å². The zero-order valence-electron chi connectivity index (χ0n) is 17.2. The van der Waals surface area contributed by atoms with Crippen molar-refractivity contribution in [3.8, 4) is 11.3 Å². The van der Waals surface area contributed by atoms with Crippen molar-refractivity contribution in [2.24, 2.45) is 0 Å². The fourth-order valence-corrected chi connectivity index (χ4v) is 4.12. The van der Waals surface area contributed by atoms with Crippen molar-refractivity contribution in [3.05, 3.63) is 60.6 Å². The van der Waals surface area contributed by atoms with Gasteiger partial charge in [0.15, 0.2) is 10.8 Å². The van der Waals surface area contributed by atoms with Crippen LogP contribution >= 0.6 is 11.3 Å². The molecular formula is C22H20N6O2S. The number of amides is 2. The maximum atomic E-state index is 12.3. The molecule has 2 amide bonds. The van der Waals surface area contributed by atoms with E-state index in [-0.39, 0.29) is 11.4 Å². The number of fused-ring (bicyclic) bond motifs is 3. The molecule has 5 rings (SSSR count). The first-order chi connectivity index (χ1) is 14.9. The fourth-order valence-electron chi connectivity index (χ4n) is 3.17. The second-order valence-electron chi connectivity index (χ2n) is 8.19. The third-order valence-electron chi connectivity index (χ3n) is 4.80. The summed E-state index contributed by atoms with van der Waals surface area (Å²) in [7, 11) is 0. The average molecular weight is 433 g/mol. The van der Waals surface area contributed by atoms with Crippen molar-refractivity contribution >= 4 is 44.2 Å². The third kappa shape index (κ3) is 3.75. The van der Waals surface area contributed by atoms with E-state index in [2.05, 4.69) is 20.8 Å². The molecule has 8 nitrogen and oxygen atoms in total. The minimum absolute atomic E-state index is 0.177. The summed E-state index contributed by atoms with van der Waals surface area (Å²) >= 11 is 1.55. The SMILES string of the molecule is CC(C)(C)c1cc(NC(=O)Nc2ccc(-c3cn4c(n3)sc3ncccc34)cc2)no1. The van der Waals surface area contributed by atoms with Crippen LogP contribution in [0.1, 0.15) is 26.5 Å². The van der Waals surface area contributed by atoms with E-state index in [0.717, 1.165) is 26.6 Å². The molecule has 4 aromatic heterocycles. The molecule has 156 valence electrons. The number of carbonyl (C=O) groups is 1. The third-order valence-corrected chi connectivity index (χ3v) is 5.78. The molecule has 4 heterocycles. The summed E-state index contributed by atoms with van der Waals surface area (Å²) in [6.07, 6.45) is 3.79. The van der Waals surface area contributed by atoms with Gasteiger partial charge in [-0.15, -0.1) is 0 Å². The van der Waals surface area contributed by atoms with Crippen LogP contribution in [0.4, 0.5) is 16.3 Å². The van der Waals surface area contributed by atoms with Gasteiger partial charge in [-0.2, -0.15) is 0 Å². The van der Waals surface area contributed by atoms with Crippen molar-refractivity contribution in [2.75, 3.05) is 10.6 Å². The number of nitrogens with zero attached hydrogens (tertiary/aromatic N) is 4. The molecule has 0 unspecified atom stereocenters. The standard InChI is InChI=1S/C22H20N6O2S/c1-22(2,3)17-11-18(27-30-17)26-20(29)24-14-8-6-13(7-9-14)15-12-28-16-5-4-10-23-19(16)31-21(28)25-15/h4-12H,1-3H3,(H2,24,26,27,29). The molecule has 0 radical (unpaired) electrons. The van der Waals surface area contributed by atoms with Crippen molar-refractivity contribution in [1.82, 2.24) is 19.5 Å². The normalized spacial score (nSPS) is 11.8. The van der Waals surface area contributed by atoms with Crippen LogP contribution in [0.2, 0.25) is 0 Å². The molecule has 31 heavy (non-hydrogen) atoms. The van der Waals surface area contributed by atoms with Gasteiger partial charge in [0.25, 0.3) is 0 Å². The van der Waals surface area contributed by atoms with Crippen molar-refractivity contribution in [2.45, 2.75) is 26.2 Å². The average Bonchev–Trinajstić information content (AvgIpc) is 3.42. The summed E-state index contributed by atoms with van der Waals surface area (Å²) in [4.78, 5) is 23.2. The zero-order valence-corrected chi connectivity index (χ0v) is 18.0. The molecule has 0 aliphatic carbocycles. The fraction of sp³-hybridized carbons (Fsp3) is 0.182. The lowest BCUT2D eigenvalue weighted by Gasteiger charge is -2.12. The summed E-state index contributed by atoms with van der Waals surface area (Å²) < 4.78 is 7.33. The summed E-state index contributed by atoms with van der Waals surface area (Å²) in [5.74, 6) is 1.08. The zero-order chi connectivity index (χ0) is 21.6. The van der Waals surface area contributed by atoms with Crippen molar-refractivity contribution < 1.29 is 9.32 Å². The first kappa shape index (κ1) is 19.3. The van der Waals surface area contributed by atoms with E-state index in [1.54, 1.807) is 23.6 Å². The van der Waals surface area contributed by atoms with E-state index in [9.17, 15) is 4.79 Å². The Kier molecular flexibility index (Phi) is 4.48. The largest absolute Gasteiger partial charge is 0.359 e. The number of nitrogens with one attached hydrogen (secondary N) is 2. The molecule has 1 aromatic carbocycles. The number of carbonyl (C=O) groups excluding carboxylic acids is 1. The predicted molar refractivity (Wildman–Crippen MR) is 122 cm³/mol. The van der Waals surface area contributed by atoms with Gasteiger partial charge in [-0.25, -0.2) is 14.8 Å². The van der Waals surface area contributed by atoms with Gasteiger partial charge in [0.1, 0.15) is 10.6 Å². The maximum absolute atomic E-state index is 12.3. The number of imidazole rings is 1. The Balaban J connectivity index is 1.29. The number of rotatable bonds is 3. The number of urea groups is 1. The predicted octanol–water partition coefficient (Wildman–Crippen LogP) is 5.54. The van der Waals surface area contributed by atoms with Gasteiger partial charge in [-0.05, 0) is 24.3 Å². The molecule has 0 fully saturated rings. The molecule has 0 aliphatic heterocycles. The molecule has 0 atom stereocenters. The Morgan fingerprint density at radius 1 is 1.13 bits per heavy atom. The van der Waals surface area contributed by atoms with Crippen LogP contribution in [0.15, 0.2) is 59.4 Å². The number of anilines is 2. The van der Waals surface area contributed by atoms with Gasteiger partial charge >= 0.3 is 6.03 Å². The number of aromatic nitrogens is 4. The summed E-state index contributed by atoms with van der Waals surface area (Å²) in [5, 5.41) is 9.38. The second-order valence-corrected chi connectivity index (χ2v) is 9.15. The van der Waals surface area contributed by atoms with E-state index < -0.39 is 0 Å². The number of hydrogen-bond acceptors (Lipinski definition) is 6. The molecule has 0 aliphatic rings. The van der Waals surface area contributed by atoms with E-state index in [1.807, 2.05) is 67.8 Å². The van der Waals surface area contributed by atoms with E-state index in [0.29, 0.717) is 17.3 Å². The molecule has 0 bridgehead atoms. The van der Waals surface area contributed by atoms with E-state index >= 15 is 0 Å².